The second-order valence-corrected chi connectivity index (χ2v) is 13.9. The Kier molecular flexibility index (Phi) is 9.95. The van der Waals surface area contributed by atoms with E-state index in [4.69, 9.17) is 9.47 Å². The number of methoxy groups -OCH3 is 2. The lowest BCUT2D eigenvalue weighted by Gasteiger charge is -2.35. The molecule has 8 nitrogen and oxygen atoms in total. The van der Waals surface area contributed by atoms with Crippen molar-refractivity contribution in [2.45, 2.75) is 80.7 Å². The van der Waals surface area contributed by atoms with E-state index < -0.39 is 47.2 Å². The van der Waals surface area contributed by atoms with Crippen LogP contribution in [0.4, 0.5) is 23.2 Å². The van der Waals surface area contributed by atoms with Gasteiger partial charge in [-0.25, -0.2) is 4.39 Å². The number of anilines is 1. The number of rotatable bonds is 9. The van der Waals surface area contributed by atoms with Gasteiger partial charge in [0.25, 0.3) is 5.91 Å². The van der Waals surface area contributed by atoms with Crippen LogP contribution in [0.15, 0.2) is 42.5 Å². The molecule has 0 unspecified atom stereocenters. The third-order valence-electron chi connectivity index (χ3n) is 11.1. The van der Waals surface area contributed by atoms with E-state index in [1.54, 1.807) is 24.1 Å². The van der Waals surface area contributed by atoms with Gasteiger partial charge < -0.3 is 24.4 Å². The quantitative estimate of drug-likeness (QED) is 0.322. The molecule has 0 spiro atoms. The molecule has 0 bridgehead atoms. The lowest BCUT2D eigenvalue weighted by molar-refractivity contribution is -0.146. The minimum absolute atomic E-state index is 0.0158. The number of likely N-dealkylation sites (tertiary alicyclic amines) is 2. The van der Waals surface area contributed by atoms with Crippen LogP contribution < -0.4 is 9.64 Å². The zero-order valence-corrected chi connectivity index (χ0v) is 27.6. The Balaban J connectivity index is 1.31. The maximum atomic E-state index is 17.7. The second kappa shape index (κ2) is 13.9. The molecule has 3 heterocycles. The molecule has 0 radical (unpaired) electrons. The summed E-state index contributed by atoms with van der Waals surface area (Å²) in [5, 5.41) is 9.48. The molecule has 1 N–H and O–H groups in total. The van der Waals surface area contributed by atoms with E-state index in [-0.39, 0.29) is 31.7 Å². The number of halogens is 4. The zero-order valence-electron chi connectivity index (χ0n) is 27.6. The fraction of sp³-hybridized carbons (Fsp3) is 0.611. The van der Waals surface area contributed by atoms with Crippen LogP contribution in [0.25, 0.3) is 0 Å². The molecule has 1 saturated carbocycles. The minimum Gasteiger partial charge on any atom is -0.497 e. The Labute approximate surface area is 279 Å². The molecule has 48 heavy (non-hydrogen) atoms. The highest BCUT2D eigenvalue weighted by atomic mass is 19.4. The van der Waals surface area contributed by atoms with Gasteiger partial charge in [-0.2, -0.15) is 13.2 Å². The molecule has 1 amide bonds. The van der Waals surface area contributed by atoms with Gasteiger partial charge in [-0.05, 0) is 67.5 Å². The number of carboxylic acids is 1. The van der Waals surface area contributed by atoms with Gasteiger partial charge in [0.2, 0.25) is 5.67 Å². The van der Waals surface area contributed by atoms with Crippen molar-refractivity contribution >= 4 is 17.6 Å². The third kappa shape index (κ3) is 6.75. The molecule has 12 heteroatoms. The molecule has 1 aliphatic carbocycles. The topological polar surface area (TPSA) is 82.5 Å². The first kappa shape index (κ1) is 34.5. The summed E-state index contributed by atoms with van der Waals surface area (Å²) in [6.07, 6.45) is 0.578. The number of carboxylic acid groups (broad SMARTS) is 1. The van der Waals surface area contributed by atoms with Gasteiger partial charge in [-0.1, -0.05) is 31.0 Å². The maximum Gasteiger partial charge on any atom is 0.416 e. The molecule has 4 fully saturated rings. The van der Waals surface area contributed by atoms with E-state index in [2.05, 4.69) is 4.90 Å². The Hall–Kier alpha value is -3.38. The summed E-state index contributed by atoms with van der Waals surface area (Å²) in [4.78, 5) is 31.7. The lowest BCUT2D eigenvalue weighted by Crippen LogP contribution is -2.53. The van der Waals surface area contributed by atoms with E-state index in [0.29, 0.717) is 55.9 Å². The van der Waals surface area contributed by atoms with Crippen LogP contribution in [0.2, 0.25) is 0 Å². The number of carbonyl (C=O) groups is 2. The Bertz CT molecular complexity index is 1460. The number of aliphatic carboxylic acids is 1. The van der Waals surface area contributed by atoms with Crippen molar-refractivity contribution in [3.05, 3.63) is 59.2 Å². The number of nitrogens with zero attached hydrogens (tertiary/aromatic N) is 3. The Morgan fingerprint density at radius 1 is 0.979 bits per heavy atom. The van der Waals surface area contributed by atoms with Crippen molar-refractivity contribution in [3.8, 4) is 5.75 Å². The number of benzene rings is 2. The Morgan fingerprint density at radius 2 is 1.67 bits per heavy atom. The molecule has 0 aromatic heterocycles. The number of hydrogen-bond acceptors (Lipinski definition) is 6. The number of piperidine rings is 1. The minimum atomic E-state index is -4.56. The molecule has 4 aliphatic rings. The summed E-state index contributed by atoms with van der Waals surface area (Å²) in [6, 6.07) is 10.6. The van der Waals surface area contributed by atoms with Gasteiger partial charge in [-0.3, -0.25) is 14.5 Å². The monoisotopic (exact) mass is 675 g/mol. The van der Waals surface area contributed by atoms with Gasteiger partial charge in [0.15, 0.2) is 0 Å². The van der Waals surface area contributed by atoms with Crippen molar-refractivity contribution in [2.75, 3.05) is 58.5 Å². The number of ether oxygens (including phenoxy) is 2. The smallest absolute Gasteiger partial charge is 0.416 e. The van der Waals surface area contributed by atoms with Crippen molar-refractivity contribution in [1.29, 1.82) is 0 Å². The number of hydrogen-bond donors (Lipinski definition) is 1. The van der Waals surface area contributed by atoms with Gasteiger partial charge in [0, 0.05) is 63.4 Å². The molecule has 4 atom stereocenters. The largest absolute Gasteiger partial charge is 0.497 e. The summed E-state index contributed by atoms with van der Waals surface area (Å²) in [5.74, 6) is -2.48. The predicted octanol–water partition coefficient (Wildman–Crippen LogP) is 6.10. The van der Waals surface area contributed by atoms with Crippen LogP contribution in [0, 0.1) is 5.92 Å². The van der Waals surface area contributed by atoms with Crippen molar-refractivity contribution in [1.82, 2.24) is 9.80 Å². The molecule has 2 aromatic rings. The molecular weight excluding hydrogens is 630 g/mol. The second-order valence-electron chi connectivity index (χ2n) is 13.9. The summed E-state index contributed by atoms with van der Waals surface area (Å²) >= 11 is 0. The van der Waals surface area contributed by atoms with Crippen molar-refractivity contribution in [2.24, 2.45) is 5.92 Å². The summed E-state index contributed by atoms with van der Waals surface area (Å²) in [5.41, 5.74) is -1.24. The summed E-state index contributed by atoms with van der Waals surface area (Å²) < 4.78 is 70.2. The van der Waals surface area contributed by atoms with Crippen LogP contribution in [0.3, 0.4) is 0 Å². The molecular formula is C36H45F4N3O5. The molecule has 6 rings (SSSR count). The van der Waals surface area contributed by atoms with E-state index in [1.807, 2.05) is 17.0 Å². The fourth-order valence-corrected chi connectivity index (χ4v) is 8.51. The molecule has 2 aromatic carbocycles. The normalized spacial score (nSPS) is 27.6. The Morgan fingerprint density at radius 3 is 2.27 bits per heavy atom. The van der Waals surface area contributed by atoms with Gasteiger partial charge in [-0.15, -0.1) is 0 Å². The lowest BCUT2D eigenvalue weighted by atomic mass is 9.85. The van der Waals surface area contributed by atoms with E-state index in [0.717, 1.165) is 43.4 Å². The first-order valence-corrected chi connectivity index (χ1v) is 17.0. The highest BCUT2D eigenvalue weighted by Crippen LogP contribution is 2.47. The number of carbonyl (C=O) groups excluding carboxylic acids is 1. The summed E-state index contributed by atoms with van der Waals surface area (Å²) in [7, 11) is 3.09. The number of amides is 1. The van der Waals surface area contributed by atoms with E-state index in [9.17, 15) is 27.9 Å². The van der Waals surface area contributed by atoms with Crippen LogP contribution in [0.5, 0.6) is 5.75 Å². The van der Waals surface area contributed by atoms with Crippen molar-refractivity contribution < 1.29 is 41.7 Å². The molecule has 262 valence electrons. The van der Waals surface area contributed by atoms with Crippen molar-refractivity contribution in [3.63, 3.8) is 0 Å². The average molecular weight is 676 g/mol. The maximum absolute atomic E-state index is 17.7. The number of alkyl halides is 4. The zero-order chi connectivity index (χ0) is 34.2. The molecule has 3 saturated heterocycles. The first-order chi connectivity index (χ1) is 22.9. The van der Waals surface area contributed by atoms with Crippen LogP contribution >= 0.6 is 0 Å². The third-order valence-corrected chi connectivity index (χ3v) is 11.1. The first-order valence-electron chi connectivity index (χ1n) is 17.0. The SMILES string of the molecule is COC[C@H]1C[C@@H](c2ccc(C(F)(F)F)cc2N2CCC(C(=O)O)CC2)CN1C(=O)[C@]1(F)CN(C2CCCC2)C[C@H]1c1ccc(OC)cc1. The average Bonchev–Trinajstić information content (AvgIpc) is 3.84. The highest BCUT2D eigenvalue weighted by Gasteiger charge is 2.58. The van der Waals surface area contributed by atoms with Crippen LogP contribution in [0.1, 0.15) is 73.5 Å². The summed E-state index contributed by atoms with van der Waals surface area (Å²) in [6.45, 7) is 1.31. The van der Waals surface area contributed by atoms with Crippen LogP contribution in [-0.4, -0.2) is 98.1 Å². The van der Waals surface area contributed by atoms with E-state index in [1.165, 1.54) is 13.2 Å². The molecule has 3 aliphatic heterocycles. The van der Waals surface area contributed by atoms with Gasteiger partial charge in [0.05, 0.1) is 31.2 Å². The van der Waals surface area contributed by atoms with Gasteiger partial charge in [0.1, 0.15) is 5.75 Å². The van der Waals surface area contributed by atoms with Gasteiger partial charge >= 0.3 is 12.1 Å². The predicted molar refractivity (Wildman–Crippen MR) is 172 cm³/mol. The fourth-order valence-electron chi connectivity index (χ4n) is 8.51. The standard InChI is InChI=1S/C36H45F4N3O5/c1-47-21-28-17-25(30-12-9-26(36(38,39)40)18-32(30)41-15-13-24(14-16-41)33(44)45)19-43(28)34(46)35(37)22-42(27-5-3-4-6-27)20-31(35)23-7-10-29(48-2)11-8-23/h7-12,18,24-25,27-28,31H,3-6,13-17,19-22H2,1-2H3,(H,44,45)/t25-,28-,31+,35+/m1/s1. The highest BCUT2D eigenvalue weighted by molar-refractivity contribution is 5.88. The van der Waals surface area contributed by atoms with Crippen LogP contribution in [-0.2, 0) is 20.5 Å². The van der Waals surface area contributed by atoms with E-state index >= 15 is 4.39 Å².